The van der Waals surface area contributed by atoms with E-state index in [1.54, 1.807) is 6.07 Å². The molecule has 5 N–H and O–H groups in total. The van der Waals surface area contributed by atoms with Crippen LogP contribution in [0.25, 0.3) is 43.9 Å². The lowest BCUT2D eigenvalue weighted by molar-refractivity contribution is -0.144. The molecule has 18 heteroatoms. The first-order chi connectivity index (χ1) is 22.8. The molecule has 2 aromatic rings. The molecular weight excluding hydrogens is 638 g/mol. The van der Waals surface area contributed by atoms with Crippen molar-refractivity contribution in [3.63, 3.8) is 0 Å². The molecule has 0 saturated carbocycles. The van der Waals surface area contributed by atoms with Crippen LogP contribution in [0.1, 0.15) is 21.5 Å². The van der Waals surface area contributed by atoms with Gasteiger partial charge in [-0.1, -0.05) is 18.2 Å². The van der Waals surface area contributed by atoms with E-state index in [1.165, 1.54) is 30.3 Å². The van der Waals surface area contributed by atoms with Crippen molar-refractivity contribution in [1.82, 2.24) is 9.80 Å². The normalized spacial score (nSPS) is 11.0. The first kappa shape index (κ1) is 34.4. The van der Waals surface area contributed by atoms with Crippen LogP contribution in [-0.4, -0.2) is 91.4 Å². The molecule has 1 aliphatic carbocycles. The Morgan fingerprint density at radius 1 is 0.792 bits per heavy atom. The molecule has 0 bridgehead atoms. The van der Waals surface area contributed by atoms with Crippen LogP contribution in [0.5, 0.6) is 5.75 Å². The summed E-state index contributed by atoms with van der Waals surface area (Å²) >= 11 is 0. The van der Waals surface area contributed by atoms with Crippen molar-refractivity contribution in [1.29, 1.82) is 0 Å². The molecule has 1 heterocycles. The molecule has 2 aliphatic rings. The van der Waals surface area contributed by atoms with E-state index in [0.29, 0.717) is 0 Å². The number of carbonyl (C=O) groups excluding carboxylic acids is 1. The first-order valence-corrected chi connectivity index (χ1v) is 13.7. The van der Waals surface area contributed by atoms with E-state index in [0.717, 1.165) is 21.9 Å². The minimum absolute atomic E-state index is 0.0227. The van der Waals surface area contributed by atoms with Gasteiger partial charge in [-0.25, -0.2) is 4.79 Å². The lowest BCUT2D eigenvalue weighted by Crippen LogP contribution is -2.35. The number of aliphatic carboxylic acids is 4. The van der Waals surface area contributed by atoms with Gasteiger partial charge in [-0.3, -0.25) is 33.8 Å². The summed E-state index contributed by atoms with van der Waals surface area (Å²) in [5, 5.41) is 51.1. The number of rotatable bonds is 15. The van der Waals surface area contributed by atoms with Crippen LogP contribution in [-0.2, 0) is 37.1 Å². The van der Waals surface area contributed by atoms with Crippen LogP contribution in [0.2, 0.25) is 0 Å². The van der Waals surface area contributed by atoms with Gasteiger partial charge >= 0.3 is 29.8 Å². The van der Waals surface area contributed by atoms with Crippen molar-refractivity contribution in [3.05, 3.63) is 85.9 Å². The Labute approximate surface area is 268 Å². The van der Waals surface area contributed by atoms with Crippen molar-refractivity contribution in [2.75, 3.05) is 26.2 Å². The van der Waals surface area contributed by atoms with Crippen LogP contribution in [0, 0.1) is 0 Å². The summed E-state index contributed by atoms with van der Waals surface area (Å²) in [4.78, 5) is 80.9. The Balaban J connectivity index is 2.05. The standard InChI is InChI=1S/C30H25N5O13/c31-32-33-48-30(46)18-4-2-1-3-17(18)29-19-5-15(9-34(11-25(38)39)12-26(40)41)21(36)7-23(19)47-24-8-22(37)16(6-20(24)29)10-35(13-27(42)43)14-28(44)45/h1-8,36H,9-14H2,(H,38,39)(H,40,41)(H,42,43)(H,44,45). The number of azide groups is 1. The number of carboxylic acid groups (broad SMARTS) is 4. The molecular formula is C30H25N5O13. The van der Waals surface area contributed by atoms with Crippen LogP contribution in [0.4, 0.5) is 0 Å². The maximum absolute atomic E-state index is 13.2. The second kappa shape index (κ2) is 14.7. The fourth-order valence-corrected chi connectivity index (χ4v) is 5.15. The van der Waals surface area contributed by atoms with Gasteiger partial charge in [-0.05, 0) is 29.3 Å². The molecule has 0 atom stereocenters. The van der Waals surface area contributed by atoms with Crippen LogP contribution < -0.4 is 5.43 Å². The molecule has 248 valence electrons. The summed E-state index contributed by atoms with van der Waals surface area (Å²) in [5.74, 6) is -6.88. The quantitative estimate of drug-likeness (QED) is 0.0402. The summed E-state index contributed by atoms with van der Waals surface area (Å²) in [7, 11) is 0. The minimum atomic E-state index is -1.34. The van der Waals surface area contributed by atoms with Crippen LogP contribution in [0.3, 0.4) is 0 Å². The number of carbonyl (C=O) groups is 5. The number of phenols is 1. The van der Waals surface area contributed by atoms with E-state index in [4.69, 9.17) is 9.95 Å². The number of fused-ring (bicyclic) bond motifs is 2. The zero-order chi connectivity index (χ0) is 35.1. The number of carboxylic acids is 4. The third kappa shape index (κ3) is 8.20. The largest absolute Gasteiger partial charge is 0.507 e. The van der Waals surface area contributed by atoms with Crippen molar-refractivity contribution in [2.45, 2.75) is 13.1 Å². The fourth-order valence-electron chi connectivity index (χ4n) is 5.15. The fraction of sp³-hybridized carbons (Fsp3) is 0.200. The molecule has 0 aromatic heterocycles. The lowest BCUT2D eigenvalue weighted by atomic mass is 9.89. The molecule has 1 aliphatic heterocycles. The summed E-state index contributed by atoms with van der Waals surface area (Å²) in [6.45, 7) is -3.57. The molecule has 4 rings (SSSR count). The molecule has 2 aromatic carbocycles. The summed E-state index contributed by atoms with van der Waals surface area (Å²) in [6, 6.07) is 10.8. The van der Waals surface area contributed by atoms with E-state index >= 15 is 0 Å². The Bertz CT molecular complexity index is 1990. The minimum Gasteiger partial charge on any atom is -0.507 e. The van der Waals surface area contributed by atoms with Gasteiger partial charge in [0.05, 0.1) is 31.7 Å². The number of hydrogen-bond donors (Lipinski definition) is 5. The molecule has 0 fully saturated rings. The van der Waals surface area contributed by atoms with Gasteiger partial charge in [0.15, 0.2) is 5.43 Å². The predicted molar refractivity (Wildman–Crippen MR) is 162 cm³/mol. The van der Waals surface area contributed by atoms with E-state index in [2.05, 4.69) is 15.0 Å². The van der Waals surface area contributed by atoms with Crippen LogP contribution >= 0.6 is 0 Å². The van der Waals surface area contributed by atoms with Gasteiger partial charge in [-0.15, -0.1) is 0 Å². The highest BCUT2D eigenvalue weighted by atomic mass is 16.7. The molecule has 18 nitrogen and oxygen atoms in total. The van der Waals surface area contributed by atoms with E-state index in [1.807, 2.05) is 0 Å². The maximum atomic E-state index is 13.2. The van der Waals surface area contributed by atoms with Gasteiger partial charge in [0.1, 0.15) is 22.4 Å². The number of phenolic OH excluding ortho intramolecular Hbond substituents is 1. The van der Waals surface area contributed by atoms with Gasteiger partial charge in [0.2, 0.25) is 0 Å². The Kier molecular flexibility index (Phi) is 10.6. The second-order valence-electron chi connectivity index (χ2n) is 10.4. The number of nitrogens with zero attached hydrogens (tertiary/aromatic N) is 5. The number of hydrogen-bond acceptors (Lipinski definition) is 12. The summed E-state index contributed by atoms with van der Waals surface area (Å²) in [6.07, 6.45) is 0. The first-order valence-electron chi connectivity index (χ1n) is 13.7. The Morgan fingerprint density at radius 3 is 1.92 bits per heavy atom. The maximum Gasteiger partial charge on any atom is 0.350 e. The van der Waals surface area contributed by atoms with Gasteiger partial charge in [0.25, 0.3) is 0 Å². The van der Waals surface area contributed by atoms with Gasteiger partial charge < -0.3 is 34.8 Å². The zero-order valence-electron chi connectivity index (χ0n) is 24.6. The SMILES string of the molecule is [N-]=[N+]=NOC(=O)c1ccccc1-c1c2cc(CN(CC(=O)O)CC(=O)O)c(=O)cc-2oc2cc(O)c(CN(CC(=O)O)CC(=O)O)cc12. The number of benzene rings is 3. The zero-order valence-corrected chi connectivity index (χ0v) is 24.6. The average Bonchev–Trinajstić information content (AvgIpc) is 2.98. The second-order valence-corrected chi connectivity index (χ2v) is 10.4. The van der Waals surface area contributed by atoms with E-state index < -0.39 is 73.7 Å². The number of aromatic hydroxyl groups is 1. The Hall–Kier alpha value is -6.49. The summed E-state index contributed by atoms with van der Waals surface area (Å²) < 4.78 is 5.97. The average molecular weight is 664 g/mol. The van der Waals surface area contributed by atoms with Crippen LogP contribution in [0.15, 0.2) is 63.0 Å². The third-order valence-electron chi connectivity index (χ3n) is 6.90. The Morgan fingerprint density at radius 2 is 1.35 bits per heavy atom. The molecule has 0 spiro atoms. The molecule has 0 radical (unpaired) electrons. The highest BCUT2D eigenvalue weighted by Gasteiger charge is 2.26. The molecule has 0 unspecified atom stereocenters. The predicted octanol–water partition coefficient (Wildman–Crippen LogP) is 2.59. The van der Waals surface area contributed by atoms with Gasteiger partial charge in [0, 0.05) is 57.8 Å². The molecule has 0 saturated heterocycles. The monoisotopic (exact) mass is 663 g/mol. The smallest absolute Gasteiger partial charge is 0.350 e. The van der Waals surface area contributed by atoms with E-state index in [-0.39, 0.29) is 56.7 Å². The molecule has 0 amide bonds. The third-order valence-corrected chi connectivity index (χ3v) is 6.90. The highest BCUT2D eigenvalue weighted by Crippen LogP contribution is 2.43. The highest BCUT2D eigenvalue weighted by molar-refractivity contribution is 6.08. The summed E-state index contributed by atoms with van der Waals surface area (Å²) in [5.41, 5.74) is 8.39. The van der Waals surface area contributed by atoms with Crippen molar-refractivity contribution in [3.8, 4) is 28.2 Å². The van der Waals surface area contributed by atoms with Crippen molar-refractivity contribution < 1.29 is 58.8 Å². The topological polar surface area (TPSA) is 281 Å². The van der Waals surface area contributed by atoms with Crippen molar-refractivity contribution >= 4 is 40.8 Å². The van der Waals surface area contributed by atoms with E-state index in [9.17, 15) is 54.3 Å². The lowest BCUT2D eigenvalue weighted by Gasteiger charge is -2.22. The van der Waals surface area contributed by atoms with Crippen molar-refractivity contribution in [2.24, 2.45) is 5.28 Å². The molecule has 48 heavy (non-hydrogen) atoms. The van der Waals surface area contributed by atoms with Gasteiger partial charge in [-0.2, -0.15) is 0 Å².